The summed E-state index contributed by atoms with van der Waals surface area (Å²) in [5.74, 6) is -0.287. The molecule has 8 heteroatoms. The predicted molar refractivity (Wildman–Crippen MR) is 167 cm³/mol. The molecule has 0 aliphatic carbocycles. The number of rotatable bonds is 6. The van der Waals surface area contributed by atoms with E-state index in [1.807, 2.05) is 90.1 Å². The Morgan fingerprint density at radius 1 is 1.00 bits per heavy atom. The number of aliphatic carboxylic acids is 1. The van der Waals surface area contributed by atoms with Crippen LogP contribution in [-0.4, -0.2) is 39.2 Å². The normalized spacial score (nSPS) is 13.1. The van der Waals surface area contributed by atoms with E-state index in [-0.39, 0.29) is 25.1 Å². The fraction of sp³-hybridized carbons (Fsp3) is 0.343. The molecule has 1 amide bonds. The Kier molecular flexibility index (Phi) is 8.06. The minimum Gasteiger partial charge on any atom is -0.488 e. The highest BCUT2D eigenvalue weighted by Crippen LogP contribution is 2.43. The first-order valence-electron chi connectivity index (χ1n) is 14.5. The van der Waals surface area contributed by atoms with Gasteiger partial charge in [-0.25, -0.2) is 4.79 Å². The second-order valence-corrected chi connectivity index (χ2v) is 12.3. The lowest BCUT2D eigenvalue weighted by molar-refractivity contribution is -0.136. The van der Waals surface area contributed by atoms with Gasteiger partial charge in [-0.1, -0.05) is 42.5 Å². The zero-order valence-electron chi connectivity index (χ0n) is 25.6. The maximum atomic E-state index is 13.5. The van der Waals surface area contributed by atoms with Crippen LogP contribution in [0.1, 0.15) is 59.7 Å². The smallest absolute Gasteiger partial charge is 0.410 e. The molecule has 0 atom stereocenters. The molecule has 5 rings (SSSR count). The van der Waals surface area contributed by atoms with Crippen LogP contribution in [0, 0.1) is 20.8 Å². The third-order valence-electron chi connectivity index (χ3n) is 7.90. The van der Waals surface area contributed by atoms with Gasteiger partial charge in [-0.15, -0.1) is 0 Å². The molecule has 8 nitrogen and oxygen atoms in total. The van der Waals surface area contributed by atoms with Gasteiger partial charge in [-0.3, -0.25) is 9.59 Å². The topological polar surface area (TPSA) is 109 Å². The van der Waals surface area contributed by atoms with Gasteiger partial charge in [0.2, 0.25) is 0 Å². The maximum Gasteiger partial charge on any atom is 0.410 e. The summed E-state index contributed by atoms with van der Waals surface area (Å²) in [7, 11) is 0. The van der Waals surface area contributed by atoms with E-state index in [1.54, 1.807) is 4.90 Å². The molecule has 2 heterocycles. The van der Waals surface area contributed by atoms with Crippen molar-refractivity contribution < 1.29 is 24.2 Å². The van der Waals surface area contributed by atoms with E-state index in [0.717, 1.165) is 38.8 Å². The minimum absolute atomic E-state index is 0.127. The molecular weight excluding hydrogens is 544 g/mol. The standard InChI is InChI=1S/C35H38N2O6/c1-20-12-13-25(28(16-20)43-35(4,5)6)30-22(3)31-24-14-15-37(34(41)42-19-23-10-8-7-9-11-23)18-27(24)33(40)36-32(31)21(2)26(30)17-29(38)39/h7-13,16H,14-15,17-19H2,1-6H3,(H,36,40)(H,38,39). The van der Waals surface area contributed by atoms with Gasteiger partial charge in [-0.05, 0) is 93.0 Å². The number of aromatic nitrogens is 1. The number of amides is 1. The second kappa shape index (κ2) is 11.6. The van der Waals surface area contributed by atoms with E-state index in [2.05, 4.69) is 4.98 Å². The zero-order chi connectivity index (χ0) is 31.1. The summed E-state index contributed by atoms with van der Waals surface area (Å²) in [5, 5.41) is 10.8. The number of carbonyl (C=O) groups excluding carboxylic acids is 1. The van der Waals surface area contributed by atoms with Crippen molar-refractivity contribution in [3.63, 3.8) is 0 Å². The number of aromatic amines is 1. The van der Waals surface area contributed by atoms with Crippen LogP contribution < -0.4 is 10.3 Å². The van der Waals surface area contributed by atoms with Crippen molar-refractivity contribution in [2.75, 3.05) is 6.54 Å². The third kappa shape index (κ3) is 6.14. The van der Waals surface area contributed by atoms with Crippen LogP contribution in [0.4, 0.5) is 4.79 Å². The largest absolute Gasteiger partial charge is 0.488 e. The Bertz CT molecular complexity index is 1780. The number of carboxylic acid groups (broad SMARTS) is 1. The van der Waals surface area contributed by atoms with Crippen LogP contribution in [-0.2, 0) is 35.5 Å². The summed E-state index contributed by atoms with van der Waals surface area (Å²) in [6.45, 7) is 12.4. The number of benzene rings is 3. The lowest BCUT2D eigenvalue weighted by atomic mass is 9.83. The number of hydrogen-bond donors (Lipinski definition) is 2. The Labute approximate surface area is 251 Å². The molecule has 0 saturated carbocycles. The minimum atomic E-state index is -0.960. The first kappa shape index (κ1) is 29.9. The molecule has 0 fully saturated rings. The number of nitrogens with one attached hydrogen (secondary N) is 1. The van der Waals surface area contributed by atoms with E-state index < -0.39 is 17.7 Å². The van der Waals surface area contributed by atoms with Crippen molar-refractivity contribution in [2.24, 2.45) is 0 Å². The van der Waals surface area contributed by atoms with Gasteiger partial charge in [0.25, 0.3) is 5.56 Å². The molecule has 1 aromatic heterocycles. The third-order valence-corrected chi connectivity index (χ3v) is 7.90. The lowest BCUT2D eigenvalue weighted by Crippen LogP contribution is -2.39. The number of ether oxygens (including phenoxy) is 2. The van der Waals surface area contributed by atoms with Crippen LogP contribution in [0.5, 0.6) is 5.75 Å². The molecule has 4 aromatic rings. The van der Waals surface area contributed by atoms with Gasteiger partial charge >= 0.3 is 12.1 Å². The molecule has 224 valence electrons. The van der Waals surface area contributed by atoms with Crippen molar-refractivity contribution in [1.29, 1.82) is 0 Å². The molecule has 1 aliphatic heterocycles. The highest BCUT2D eigenvalue weighted by molar-refractivity contribution is 5.98. The average Bonchev–Trinajstić information content (AvgIpc) is 2.94. The highest BCUT2D eigenvalue weighted by Gasteiger charge is 2.30. The van der Waals surface area contributed by atoms with Crippen LogP contribution in [0.2, 0.25) is 0 Å². The second-order valence-electron chi connectivity index (χ2n) is 12.3. The molecule has 0 saturated heterocycles. The summed E-state index contributed by atoms with van der Waals surface area (Å²) >= 11 is 0. The molecular formula is C35H38N2O6. The Morgan fingerprint density at radius 2 is 1.72 bits per heavy atom. The van der Waals surface area contributed by atoms with Gasteiger partial charge < -0.3 is 24.5 Å². The van der Waals surface area contributed by atoms with Crippen molar-refractivity contribution in [1.82, 2.24) is 9.88 Å². The molecule has 0 bridgehead atoms. The first-order chi connectivity index (χ1) is 20.3. The number of carbonyl (C=O) groups is 2. The van der Waals surface area contributed by atoms with E-state index in [9.17, 15) is 19.5 Å². The van der Waals surface area contributed by atoms with E-state index >= 15 is 0 Å². The lowest BCUT2D eigenvalue weighted by Gasteiger charge is -2.30. The van der Waals surface area contributed by atoms with Crippen molar-refractivity contribution >= 4 is 23.0 Å². The van der Waals surface area contributed by atoms with Gasteiger partial charge in [-0.2, -0.15) is 0 Å². The Hall–Kier alpha value is -4.59. The van der Waals surface area contributed by atoms with Gasteiger partial charge in [0, 0.05) is 23.1 Å². The first-order valence-corrected chi connectivity index (χ1v) is 14.5. The SMILES string of the molecule is Cc1ccc(-c2c(CC(=O)O)c(C)c3[nH]c(=O)c4c(c3c2C)CCN(C(=O)OCc2ccccc2)C4)c(OC(C)(C)C)c1. The van der Waals surface area contributed by atoms with Gasteiger partial charge in [0.1, 0.15) is 18.0 Å². The van der Waals surface area contributed by atoms with Crippen LogP contribution >= 0.6 is 0 Å². The van der Waals surface area contributed by atoms with Crippen LogP contribution in [0.3, 0.4) is 0 Å². The maximum absolute atomic E-state index is 13.5. The summed E-state index contributed by atoms with van der Waals surface area (Å²) in [5.41, 5.74) is 7.00. The van der Waals surface area contributed by atoms with Crippen molar-refractivity contribution in [2.45, 2.75) is 73.1 Å². The number of hydrogen-bond acceptors (Lipinski definition) is 5. The van der Waals surface area contributed by atoms with Crippen LogP contribution in [0.25, 0.3) is 22.0 Å². The van der Waals surface area contributed by atoms with E-state index in [1.165, 1.54) is 0 Å². The fourth-order valence-electron chi connectivity index (χ4n) is 5.99. The quantitative estimate of drug-likeness (QED) is 0.265. The fourth-order valence-corrected chi connectivity index (χ4v) is 5.99. The summed E-state index contributed by atoms with van der Waals surface area (Å²) < 4.78 is 11.9. The predicted octanol–water partition coefficient (Wildman–Crippen LogP) is 6.62. The number of pyridine rings is 1. The van der Waals surface area contributed by atoms with Crippen LogP contribution in [0.15, 0.2) is 53.3 Å². The van der Waals surface area contributed by atoms with Gasteiger partial charge in [0.05, 0.1) is 18.5 Å². The monoisotopic (exact) mass is 582 g/mol. The summed E-state index contributed by atoms with van der Waals surface area (Å²) in [6.07, 6.45) is -0.211. The number of fused-ring (bicyclic) bond motifs is 3. The number of H-pyrrole nitrogens is 1. The Balaban J connectivity index is 1.64. The summed E-state index contributed by atoms with van der Waals surface area (Å²) in [4.78, 5) is 43.1. The van der Waals surface area contributed by atoms with Gasteiger partial charge in [0.15, 0.2) is 0 Å². The molecule has 1 aliphatic rings. The van der Waals surface area contributed by atoms with Crippen molar-refractivity contribution in [3.8, 4) is 16.9 Å². The molecule has 2 N–H and O–H groups in total. The zero-order valence-corrected chi connectivity index (χ0v) is 25.6. The Morgan fingerprint density at radius 3 is 2.40 bits per heavy atom. The molecule has 43 heavy (non-hydrogen) atoms. The number of nitrogens with zero attached hydrogens (tertiary/aromatic N) is 1. The summed E-state index contributed by atoms with van der Waals surface area (Å²) in [6, 6.07) is 15.4. The van der Waals surface area contributed by atoms with E-state index in [0.29, 0.717) is 40.9 Å². The molecule has 3 aromatic carbocycles. The van der Waals surface area contributed by atoms with E-state index in [4.69, 9.17) is 9.47 Å². The molecule has 0 spiro atoms. The van der Waals surface area contributed by atoms with Crippen molar-refractivity contribution in [3.05, 3.63) is 97.8 Å². The molecule has 0 radical (unpaired) electrons. The molecule has 0 unspecified atom stereocenters. The number of aryl methyl sites for hydroxylation is 3. The highest BCUT2D eigenvalue weighted by atomic mass is 16.6. The average molecular weight is 583 g/mol. The number of carboxylic acids is 1.